The van der Waals surface area contributed by atoms with Gasteiger partial charge in [0.1, 0.15) is 0 Å². The first-order valence-electron chi connectivity index (χ1n) is 7.15. The minimum atomic E-state index is 0.883. The van der Waals surface area contributed by atoms with Crippen molar-refractivity contribution in [3.63, 3.8) is 0 Å². The number of aryl methyl sites for hydroxylation is 2. The number of halogens is 1. The Kier molecular flexibility index (Phi) is 3.01. The van der Waals surface area contributed by atoms with E-state index in [0.29, 0.717) is 0 Å². The normalized spacial score (nSPS) is 11.4. The van der Waals surface area contributed by atoms with Crippen molar-refractivity contribution in [2.45, 2.75) is 13.8 Å². The minimum Gasteiger partial charge on any atom is -0.282 e. The fraction of sp³-hybridized carbons (Fsp3) is 0.111. The van der Waals surface area contributed by atoms with Crippen molar-refractivity contribution in [2.24, 2.45) is 0 Å². The second-order valence-electron chi connectivity index (χ2n) is 5.54. The van der Waals surface area contributed by atoms with E-state index in [1.54, 1.807) is 0 Å². The molecule has 0 saturated carbocycles. The summed E-state index contributed by atoms with van der Waals surface area (Å²) in [5.74, 6) is 0.883. The van der Waals surface area contributed by atoms with Crippen LogP contribution in [0.1, 0.15) is 11.1 Å². The lowest BCUT2D eigenvalue weighted by Gasteiger charge is -2.08. The predicted molar refractivity (Wildman–Crippen MR) is 93.1 cm³/mol. The van der Waals surface area contributed by atoms with Gasteiger partial charge in [-0.15, -0.1) is 10.2 Å². The first kappa shape index (κ1) is 13.5. The van der Waals surface area contributed by atoms with Gasteiger partial charge in [-0.1, -0.05) is 40.2 Å². The van der Waals surface area contributed by atoms with Gasteiger partial charge in [0.05, 0.1) is 0 Å². The Hall–Kier alpha value is -2.20. The first-order valence-corrected chi connectivity index (χ1v) is 7.94. The van der Waals surface area contributed by atoms with E-state index in [2.05, 4.69) is 74.7 Å². The van der Waals surface area contributed by atoms with Gasteiger partial charge in [0.25, 0.3) is 0 Å². The molecule has 0 radical (unpaired) electrons. The van der Waals surface area contributed by atoms with E-state index >= 15 is 0 Å². The number of fused-ring (bicyclic) bond motifs is 3. The molecule has 4 rings (SSSR count). The van der Waals surface area contributed by atoms with Gasteiger partial charge < -0.3 is 0 Å². The molecule has 2 heterocycles. The van der Waals surface area contributed by atoms with Crippen LogP contribution in [-0.2, 0) is 0 Å². The van der Waals surface area contributed by atoms with E-state index in [-0.39, 0.29) is 0 Å². The van der Waals surface area contributed by atoms with Crippen LogP contribution in [0, 0.1) is 13.8 Å². The topological polar surface area (TPSA) is 30.2 Å². The van der Waals surface area contributed by atoms with Crippen molar-refractivity contribution in [2.75, 3.05) is 0 Å². The van der Waals surface area contributed by atoms with E-state index in [9.17, 15) is 0 Å². The summed E-state index contributed by atoms with van der Waals surface area (Å²) in [6, 6.07) is 14.7. The summed E-state index contributed by atoms with van der Waals surface area (Å²) >= 11 is 3.58. The highest BCUT2D eigenvalue weighted by Gasteiger charge is 2.13. The van der Waals surface area contributed by atoms with E-state index in [4.69, 9.17) is 0 Å². The maximum absolute atomic E-state index is 4.44. The van der Waals surface area contributed by atoms with E-state index in [1.165, 1.54) is 16.5 Å². The largest absolute Gasteiger partial charge is 0.282 e. The molecule has 0 fully saturated rings. The van der Waals surface area contributed by atoms with E-state index in [1.807, 2.05) is 18.3 Å². The van der Waals surface area contributed by atoms with Gasteiger partial charge in [-0.2, -0.15) is 0 Å². The molecule has 0 amide bonds. The zero-order valence-corrected chi connectivity index (χ0v) is 13.9. The number of pyridine rings is 1. The Labute approximate surface area is 136 Å². The number of aromatic nitrogens is 3. The lowest BCUT2D eigenvalue weighted by Crippen LogP contribution is -1.93. The van der Waals surface area contributed by atoms with Gasteiger partial charge in [-0.05, 0) is 48.6 Å². The summed E-state index contributed by atoms with van der Waals surface area (Å²) < 4.78 is 3.19. The lowest BCUT2D eigenvalue weighted by atomic mass is 10.1. The zero-order valence-electron chi connectivity index (χ0n) is 12.3. The second kappa shape index (κ2) is 4.92. The fourth-order valence-corrected chi connectivity index (χ4v) is 3.28. The summed E-state index contributed by atoms with van der Waals surface area (Å²) in [7, 11) is 0. The Bertz CT molecular complexity index is 1020. The summed E-state index contributed by atoms with van der Waals surface area (Å²) in [4.78, 5) is 0. The molecule has 0 N–H and O–H groups in total. The summed E-state index contributed by atoms with van der Waals surface area (Å²) in [6.07, 6.45) is 2.05. The standard InChI is InChI=1S/C18H14BrN3/c1-11-10-16(19)12(2)9-15(11)18-21-20-17-14-6-4-3-5-13(14)7-8-22(17)18/h3-10H,1-2H3. The Morgan fingerprint density at radius 3 is 2.64 bits per heavy atom. The van der Waals surface area contributed by atoms with Crippen LogP contribution in [-0.4, -0.2) is 14.6 Å². The highest BCUT2D eigenvalue weighted by Crippen LogP contribution is 2.29. The van der Waals surface area contributed by atoms with E-state index in [0.717, 1.165) is 26.9 Å². The highest BCUT2D eigenvalue weighted by atomic mass is 79.9. The molecule has 22 heavy (non-hydrogen) atoms. The Balaban J connectivity index is 2.05. The van der Waals surface area contributed by atoms with Crippen molar-refractivity contribution in [1.29, 1.82) is 0 Å². The predicted octanol–water partition coefficient (Wildman–Crippen LogP) is 4.93. The average molecular weight is 352 g/mol. The van der Waals surface area contributed by atoms with Crippen LogP contribution in [0.5, 0.6) is 0 Å². The molecule has 0 aliphatic heterocycles. The molecule has 0 unspecified atom stereocenters. The smallest absolute Gasteiger partial charge is 0.168 e. The van der Waals surface area contributed by atoms with Gasteiger partial charge in [-0.3, -0.25) is 4.40 Å². The van der Waals surface area contributed by atoms with Crippen LogP contribution in [0.25, 0.3) is 27.8 Å². The molecule has 2 aromatic heterocycles. The molecule has 3 nitrogen and oxygen atoms in total. The van der Waals surface area contributed by atoms with Crippen LogP contribution in [0.15, 0.2) is 53.1 Å². The van der Waals surface area contributed by atoms with Gasteiger partial charge in [-0.25, -0.2) is 0 Å². The third-order valence-corrected chi connectivity index (χ3v) is 4.90. The molecular formula is C18H14BrN3. The molecule has 4 heteroatoms. The van der Waals surface area contributed by atoms with Gasteiger partial charge in [0, 0.05) is 21.6 Å². The lowest BCUT2D eigenvalue weighted by molar-refractivity contribution is 1.10. The number of hydrogen-bond donors (Lipinski definition) is 0. The van der Waals surface area contributed by atoms with Crippen molar-refractivity contribution < 1.29 is 0 Å². The quantitative estimate of drug-likeness (QED) is 0.486. The first-order chi connectivity index (χ1) is 10.6. The molecule has 0 aliphatic carbocycles. The van der Waals surface area contributed by atoms with Crippen molar-refractivity contribution >= 4 is 32.3 Å². The summed E-state index contributed by atoms with van der Waals surface area (Å²) in [6.45, 7) is 4.19. The maximum Gasteiger partial charge on any atom is 0.168 e. The summed E-state index contributed by atoms with van der Waals surface area (Å²) in [5.41, 5.74) is 4.38. The molecule has 0 atom stereocenters. The highest BCUT2D eigenvalue weighted by molar-refractivity contribution is 9.10. The molecule has 0 bridgehead atoms. The van der Waals surface area contributed by atoms with Crippen LogP contribution in [0.3, 0.4) is 0 Å². The molecular weight excluding hydrogens is 338 g/mol. The summed E-state index contributed by atoms with van der Waals surface area (Å²) in [5, 5.41) is 11.2. The van der Waals surface area contributed by atoms with Crippen molar-refractivity contribution in [3.05, 3.63) is 64.3 Å². The third kappa shape index (κ3) is 1.95. The van der Waals surface area contributed by atoms with Crippen LogP contribution in [0.4, 0.5) is 0 Å². The SMILES string of the molecule is Cc1cc(-c2nnc3c4ccccc4ccn23)c(C)cc1Br. The maximum atomic E-state index is 4.44. The fourth-order valence-electron chi connectivity index (χ4n) is 2.82. The Morgan fingerprint density at radius 2 is 1.77 bits per heavy atom. The average Bonchev–Trinajstić information content (AvgIpc) is 2.95. The van der Waals surface area contributed by atoms with Crippen molar-refractivity contribution in [3.8, 4) is 11.4 Å². The number of rotatable bonds is 1. The monoisotopic (exact) mass is 351 g/mol. The zero-order chi connectivity index (χ0) is 15.3. The van der Waals surface area contributed by atoms with Gasteiger partial charge in [0.2, 0.25) is 0 Å². The van der Waals surface area contributed by atoms with Crippen LogP contribution < -0.4 is 0 Å². The molecule has 0 saturated heterocycles. The number of benzene rings is 2. The molecule has 2 aromatic carbocycles. The number of nitrogens with zero attached hydrogens (tertiary/aromatic N) is 3. The second-order valence-corrected chi connectivity index (χ2v) is 6.39. The van der Waals surface area contributed by atoms with Crippen LogP contribution in [0.2, 0.25) is 0 Å². The molecule has 0 spiro atoms. The van der Waals surface area contributed by atoms with Gasteiger partial charge in [0.15, 0.2) is 11.5 Å². The molecule has 0 aliphatic rings. The minimum absolute atomic E-state index is 0.883. The van der Waals surface area contributed by atoms with E-state index < -0.39 is 0 Å². The third-order valence-electron chi connectivity index (χ3n) is 4.05. The van der Waals surface area contributed by atoms with Crippen molar-refractivity contribution in [1.82, 2.24) is 14.6 Å². The van der Waals surface area contributed by atoms with Gasteiger partial charge >= 0.3 is 0 Å². The molecule has 4 aromatic rings. The van der Waals surface area contributed by atoms with Crippen LogP contribution >= 0.6 is 15.9 Å². The number of hydrogen-bond acceptors (Lipinski definition) is 2. The molecule has 108 valence electrons. The Morgan fingerprint density at radius 1 is 0.955 bits per heavy atom.